The van der Waals surface area contributed by atoms with Crippen molar-refractivity contribution in [3.63, 3.8) is 0 Å². The van der Waals surface area contributed by atoms with Gasteiger partial charge in [0.15, 0.2) is 5.82 Å². The van der Waals surface area contributed by atoms with Crippen LogP contribution in [-0.2, 0) is 19.5 Å². The van der Waals surface area contributed by atoms with Crippen molar-refractivity contribution in [3.05, 3.63) is 47.7 Å². The quantitative estimate of drug-likeness (QED) is 0.773. The molecule has 104 valence electrons. The SMILES string of the molecule is CCc1nc(Cn2ccc3cccc(CNC)c32)no1. The van der Waals surface area contributed by atoms with Gasteiger partial charge in [0.05, 0.1) is 12.1 Å². The van der Waals surface area contributed by atoms with Gasteiger partial charge in [0.2, 0.25) is 5.89 Å². The lowest BCUT2D eigenvalue weighted by molar-refractivity contribution is 0.375. The highest BCUT2D eigenvalue weighted by Crippen LogP contribution is 2.21. The van der Waals surface area contributed by atoms with Crippen LogP contribution >= 0.6 is 0 Å². The van der Waals surface area contributed by atoms with Crippen molar-refractivity contribution in [2.24, 2.45) is 0 Å². The number of hydrogen-bond acceptors (Lipinski definition) is 4. The summed E-state index contributed by atoms with van der Waals surface area (Å²) in [6.07, 6.45) is 2.84. The van der Waals surface area contributed by atoms with Gasteiger partial charge in [-0.3, -0.25) is 0 Å². The van der Waals surface area contributed by atoms with Crippen molar-refractivity contribution in [2.75, 3.05) is 7.05 Å². The summed E-state index contributed by atoms with van der Waals surface area (Å²) in [5.41, 5.74) is 2.50. The van der Waals surface area contributed by atoms with Crippen molar-refractivity contribution in [1.82, 2.24) is 20.0 Å². The first-order chi connectivity index (χ1) is 9.81. The minimum absolute atomic E-state index is 0.633. The summed E-state index contributed by atoms with van der Waals surface area (Å²) in [5.74, 6) is 1.41. The van der Waals surface area contributed by atoms with Crippen LogP contribution in [0.25, 0.3) is 10.9 Å². The lowest BCUT2D eigenvalue weighted by Crippen LogP contribution is -2.08. The van der Waals surface area contributed by atoms with Crippen LogP contribution in [0.5, 0.6) is 0 Å². The number of fused-ring (bicyclic) bond motifs is 1. The summed E-state index contributed by atoms with van der Waals surface area (Å²) in [6.45, 7) is 3.48. The van der Waals surface area contributed by atoms with E-state index in [9.17, 15) is 0 Å². The number of benzene rings is 1. The molecule has 0 atom stereocenters. The van der Waals surface area contributed by atoms with Crippen LogP contribution < -0.4 is 5.32 Å². The van der Waals surface area contributed by atoms with E-state index >= 15 is 0 Å². The summed E-state index contributed by atoms with van der Waals surface area (Å²) < 4.78 is 7.34. The fourth-order valence-corrected chi connectivity index (χ4v) is 2.46. The molecule has 0 amide bonds. The topological polar surface area (TPSA) is 55.9 Å². The lowest BCUT2D eigenvalue weighted by atomic mass is 10.1. The first-order valence-electron chi connectivity index (χ1n) is 6.84. The maximum atomic E-state index is 5.17. The van der Waals surface area contributed by atoms with Gasteiger partial charge in [-0.2, -0.15) is 4.98 Å². The number of aromatic nitrogens is 3. The average Bonchev–Trinajstić information content (AvgIpc) is 3.07. The largest absolute Gasteiger partial charge is 0.339 e. The molecule has 0 unspecified atom stereocenters. The van der Waals surface area contributed by atoms with Crippen molar-refractivity contribution >= 4 is 10.9 Å². The number of hydrogen-bond donors (Lipinski definition) is 1. The molecule has 0 saturated heterocycles. The Labute approximate surface area is 117 Å². The number of aryl methyl sites for hydroxylation is 1. The Morgan fingerprint density at radius 1 is 1.30 bits per heavy atom. The van der Waals surface area contributed by atoms with E-state index in [0.29, 0.717) is 12.4 Å². The highest BCUT2D eigenvalue weighted by Gasteiger charge is 2.10. The molecule has 1 N–H and O–H groups in total. The number of rotatable bonds is 5. The molecule has 0 aliphatic rings. The van der Waals surface area contributed by atoms with E-state index in [2.05, 4.69) is 50.5 Å². The molecular weight excluding hydrogens is 252 g/mol. The Morgan fingerprint density at radius 3 is 2.95 bits per heavy atom. The van der Waals surface area contributed by atoms with Gasteiger partial charge in [0.1, 0.15) is 0 Å². The summed E-state index contributed by atoms with van der Waals surface area (Å²) >= 11 is 0. The van der Waals surface area contributed by atoms with E-state index in [-0.39, 0.29) is 0 Å². The summed E-state index contributed by atoms with van der Waals surface area (Å²) in [7, 11) is 1.96. The molecule has 0 bridgehead atoms. The van der Waals surface area contributed by atoms with Crippen LogP contribution in [0.4, 0.5) is 0 Å². The maximum Gasteiger partial charge on any atom is 0.226 e. The van der Waals surface area contributed by atoms with Crippen molar-refractivity contribution in [2.45, 2.75) is 26.4 Å². The van der Waals surface area contributed by atoms with E-state index < -0.39 is 0 Å². The summed E-state index contributed by atoms with van der Waals surface area (Å²) in [6, 6.07) is 8.47. The van der Waals surface area contributed by atoms with Crippen LogP contribution in [0.2, 0.25) is 0 Å². The molecule has 20 heavy (non-hydrogen) atoms. The van der Waals surface area contributed by atoms with Gasteiger partial charge in [-0.25, -0.2) is 0 Å². The molecule has 3 aromatic rings. The maximum absolute atomic E-state index is 5.17. The second kappa shape index (κ2) is 5.46. The second-order valence-electron chi connectivity index (χ2n) is 4.79. The normalized spacial score (nSPS) is 11.3. The molecule has 2 aromatic heterocycles. The van der Waals surface area contributed by atoms with Crippen LogP contribution in [-0.4, -0.2) is 21.8 Å². The number of para-hydroxylation sites is 1. The zero-order valence-electron chi connectivity index (χ0n) is 11.8. The first kappa shape index (κ1) is 12.9. The van der Waals surface area contributed by atoms with Crippen LogP contribution in [0.3, 0.4) is 0 Å². The average molecular weight is 270 g/mol. The third kappa shape index (κ3) is 2.32. The zero-order chi connectivity index (χ0) is 13.9. The van der Waals surface area contributed by atoms with Gasteiger partial charge in [0, 0.05) is 19.2 Å². The van der Waals surface area contributed by atoms with E-state index in [4.69, 9.17) is 4.52 Å². The molecule has 0 saturated carbocycles. The molecule has 0 fully saturated rings. The third-order valence-corrected chi connectivity index (χ3v) is 3.36. The summed E-state index contributed by atoms with van der Waals surface area (Å²) in [5, 5.41) is 8.46. The third-order valence-electron chi connectivity index (χ3n) is 3.36. The smallest absolute Gasteiger partial charge is 0.226 e. The molecule has 3 rings (SSSR count). The van der Waals surface area contributed by atoms with Gasteiger partial charge in [-0.15, -0.1) is 0 Å². The lowest BCUT2D eigenvalue weighted by Gasteiger charge is -2.07. The molecule has 0 radical (unpaired) electrons. The Kier molecular flexibility index (Phi) is 3.52. The molecule has 1 aromatic carbocycles. The molecule has 2 heterocycles. The second-order valence-corrected chi connectivity index (χ2v) is 4.79. The van der Waals surface area contributed by atoms with Crippen molar-refractivity contribution in [1.29, 1.82) is 0 Å². The van der Waals surface area contributed by atoms with Gasteiger partial charge in [0.25, 0.3) is 0 Å². The first-order valence-corrected chi connectivity index (χ1v) is 6.84. The number of nitrogens with zero attached hydrogens (tertiary/aromatic N) is 3. The van der Waals surface area contributed by atoms with Crippen molar-refractivity contribution in [3.8, 4) is 0 Å². The highest BCUT2D eigenvalue weighted by atomic mass is 16.5. The fraction of sp³-hybridized carbons (Fsp3) is 0.333. The molecule has 0 spiro atoms. The van der Waals surface area contributed by atoms with Crippen LogP contribution in [0.15, 0.2) is 35.0 Å². The molecule has 5 heteroatoms. The summed E-state index contributed by atoms with van der Waals surface area (Å²) in [4.78, 5) is 4.37. The standard InChI is InChI=1S/C15H18N4O/c1-3-14-17-13(18-20-14)10-19-8-7-11-5-4-6-12(9-16-2)15(11)19/h4-8,16H,3,9-10H2,1-2H3. The molecular formula is C15H18N4O. The van der Waals surface area contributed by atoms with Crippen LogP contribution in [0.1, 0.15) is 24.2 Å². The number of nitrogens with one attached hydrogen (secondary N) is 1. The predicted molar refractivity (Wildman–Crippen MR) is 77.5 cm³/mol. The van der Waals surface area contributed by atoms with Gasteiger partial charge < -0.3 is 14.4 Å². The van der Waals surface area contributed by atoms with Gasteiger partial charge >= 0.3 is 0 Å². The molecule has 5 nitrogen and oxygen atoms in total. The fourth-order valence-electron chi connectivity index (χ4n) is 2.46. The van der Waals surface area contributed by atoms with Crippen molar-refractivity contribution < 1.29 is 4.52 Å². The van der Waals surface area contributed by atoms with Gasteiger partial charge in [-0.05, 0) is 24.1 Å². The predicted octanol–water partition coefficient (Wildman–Crippen LogP) is 2.35. The Hall–Kier alpha value is -2.14. The Balaban J connectivity index is 1.98. The van der Waals surface area contributed by atoms with Gasteiger partial charge in [-0.1, -0.05) is 30.3 Å². The minimum Gasteiger partial charge on any atom is -0.339 e. The molecule has 0 aliphatic carbocycles. The van der Waals surface area contributed by atoms with E-state index in [1.807, 2.05) is 14.0 Å². The van der Waals surface area contributed by atoms with E-state index in [1.54, 1.807) is 0 Å². The van der Waals surface area contributed by atoms with E-state index in [0.717, 1.165) is 18.8 Å². The monoisotopic (exact) mass is 270 g/mol. The highest BCUT2D eigenvalue weighted by molar-refractivity contribution is 5.83. The zero-order valence-corrected chi connectivity index (χ0v) is 11.8. The Morgan fingerprint density at radius 2 is 2.20 bits per heavy atom. The minimum atomic E-state index is 0.633. The van der Waals surface area contributed by atoms with E-state index in [1.165, 1.54) is 16.5 Å². The Bertz CT molecular complexity index is 714. The molecule has 0 aliphatic heterocycles. The van der Waals surface area contributed by atoms with Crippen LogP contribution in [0, 0.1) is 0 Å².